The molecule has 0 aliphatic carbocycles. The summed E-state index contributed by atoms with van der Waals surface area (Å²) in [5.41, 5.74) is 2.91. The number of ether oxygens (including phenoxy) is 1. The van der Waals surface area contributed by atoms with Crippen LogP contribution in [0.5, 0.6) is 0 Å². The topological polar surface area (TPSA) is 99.4 Å². The maximum absolute atomic E-state index is 13.4. The first-order valence-electron chi connectivity index (χ1n) is 14.5. The Morgan fingerprint density at radius 1 is 1.05 bits per heavy atom. The van der Waals surface area contributed by atoms with Gasteiger partial charge in [0.2, 0.25) is 5.91 Å². The van der Waals surface area contributed by atoms with Crippen LogP contribution in [0.15, 0.2) is 22.7 Å². The van der Waals surface area contributed by atoms with Gasteiger partial charge in [0.25, 0.3) is 5.91 Å². The molecule has 1 aromatic carbocycles. The molecule has 4 heterocycles. The number of hydrogen-bond acceptors (Lipinski definition) is 7. The molecule has 3 aliphatic heterocycles. The van der Waals surface area contributed by atoms with E-state index in [0.29, 0.717) is 66.4 Å². The molecule has 3 amide bonds. The molecule has 11 heteroatoms. The lowest BCUT2D eigenvalue weighted by molar-refractivity contribution is -0.130. The molecular weight excluding hydrogens is 546 g/mol. The van der Waals surface area contributed by atoms with Crippen molar-refractivity contribution in [1.29, 1.82) is 0 Å². The van der Waals surface area contributed by atoms with E-state index in [1.165, 1.54) is 0 Å². The highest BCUT2D eigenvalue weighted by atomic mass is 35.5. The molecule has 1 aromatic heterocycles. The van der Waals surface area contributed by atoms with Gasteiger partial charge in [-0.15, -0.1) is 0 Å². The van der Waals surface area contributed by atoms with Crippen LogP contribution in [-0.2, 0) is 9.53 Å². The Hall–Kier alpha value is -3.11. The number of anilines is 1. The molecule has 3 fully saturated rings. The van der Waals surface area contributed by atoms with Gasteiger partial charge < -0.3 is 24.0 Å². The van der Waals surface area contributed by atoms with Gasteiger partial charge in [-0.3, -0.25) is 14.5 Å². The lowest BCUT2D eigenvalue weighted by Crippen LogP contribution is -2.43. The molecule has 0 bridgehead atoms. The van der Waals surface area contributed by atoms with Crippen molar-refractivity contribution >= 4 is 35.2 Å². The number of likely N-dealkylation sites (tertiary alicyclic amines) is 3. The van der Waals surface area contributed by atoms with Crippen LogP contribution in [0.4, 0.5) is 10.5 Å². The molecule has 10 nitrogen and oxygen atoms in total. The number of carbonyl (C=O) groups is 3. The summed E-state index contributed by atoms with van der Waals surface area (Å²) in [5, 5.41) is 4.55. The zero-order chi connectivity index (χ0) is 29.3. The largest absolute Gasteiger partial charge is 0.446 e. The molecule has 41 heavy (non-hydrogen) atoms. The number of piperidine rings is 1. The SMILES string of the molecule is CC(=O)N1CCC(OC(=O)N(CCCN2CC3CN(C(=O)c4c(C)noc4C)CC3C2)c2ccc(C)c(Cl)c2)CC1. The number of benzene rings is 1. The fourth-order valence-corrected chi connectivity index (χ4v) is 6.58. The summed E-state index contributed by atoms with van der Waals surface area (Å²) < 4.78 is 11.1. The Kier molecular flexibility index (Phi) is 8.89. The smallest absolute Gasteiger partial charge is 0.414 e. The fraction of sp³-hybridized carbons (Fsp3) is 0.600. The van der Waals surface area contributed by atoms with Crippen molar-refractivity contribution in [3.63, 3.8) is 0 Å². The van der Waals surface area contributed by atoms with Gasteiger partial charge in [-0.05, 0) is 63.3 Å². The summed E-state index contributed by atoms with van der Waals surface area (Å²) in [4.78, 5) is 46.0. The second kappa shape index (κ2) is 12.4. The minimum absolute atomic E-state index is 0.0140. The van der Waals surface area contributed by atoms with Gasteiger partial charge >= 0.3 is 6.09 Å². The molecule has 0 N–H and O–H groups in total. The summed E-state index contributed by atoms with van der Waals surface area (Å²) in [5.74, 6) is 1.52. The highest BCUT2D eigenvalue weighted by Crippen LogP contribution is 2.33. The van der Waals surface area contributed by atoms with E-state index in [9.17, 15) is 14.4 Å². The number of aryl methyl sites for hydroxylation is 3. The van der Waals surface area contributed by atoms with Crippen molar-refractivity contribution in [3.05, 3.63) is 45.8 Å². The average Bonchev–Trinajstić information content (AvgIpc) is 3.61. The number of carbonyl (C=O) groups excluding carboxylic acids is 3. The third-order valence-corrected chi connectivity index (χ3v) is 9.20. The van der Waals surface area contributed by atoms with Crippen LogP contribution in [-0.4, -0.2) is 96.2 Å². The lowest BCUT2D eigenvalue weighted by atomic mass is 10.0. The highest BCUT2D eigenvalue weighted by molar-refractivity contribution is 6.31. The molecule has 5 rings (SSSR count). The van der Waals surface area contributed by atoms with E-state index in [1.54, 1.807) is 23.6 Å². The quantitative estimate of drug-likeness (QED) is 0.478. The van der Waals surface area contributed by atoms with Gasteiger partial charge in [-0.1, -0.05) is 22.8 Å². The second-order valence-corrected chi connectivity index (χ2v) is 12.1. The molecule has 2 aromatic rings. The van der Waals surface area contributed by atoms with Gasteiger partial charge in [0, 0.05) is 76.3 Å². The third-order valence-electron chi connectivity index (χ3n) is 8.79. The Morgan fingerprint density at radius 2 is 1.73 bits per heavy atom. The number of halogens is 1. The third kappa shape index (κ3) is 6.54. The molecule has 2 atom stereocenters. The first kappa shape index (κ1) is 29.4. The van der Waals surface area contributed by atoms with Crippen LogP contribution in [0.1, 0.15) is 53.6 Å². The Morgan fingerprint density at radius 3 is 2.32 bits per heavy atom. The second-order valence-electron chi connectivity index (χ2n) is 11.7. The first-order chi connectivity index (χ1) is 19.6. The predicted molar refractivity (Wildman–Crippen MR) is 155 cm³/mol. The maximum Gasteiger partial charge on any atom is 0.414 e. The normalized spacial score (nSPS) is 21.3. The monoisotopic (exact) mass is 585 g/mol. The predicted octanol–water partition coefficient (Wildman–Crippen LogP) is 4.30. The zero-order valence-electron chi connectivity index (χ0n) is 24.4. The molecule has 222 valence electrons. The highest BCUT2D eigenvalue weighted by Gasteiger charge is 2.42. The van der Waals surface area contributed by atoms with E-state index < -0.39 is 0 Å². The average molecular weight is 586 g/mol. The van der Waals surface area contributed by atoms with Crippen LogP contribution in [0.25, 0.3) is 0 Å². The van der Waals surface area contributed by atoms with E-state index in [-0.39, 0.29) is 24.0 Å². The van der Waals surface area contributed by atoms with E-state index >= 15 is 0 Å². The Balaban J connectivity index is 1.15. The first-order valence-corrected chi connectivity index (χ1v) is 14.9. The van der Waals surface area contributed by atoms with Crippen LogP contribution in [0, 0.1) is 32.6 Å². The minimum Gasteiger partial charge on any atom is -0.446 e. The number of rotatable bonds is 7. The van der Waals surface area contributed by atoms with Crippen molar-refractivity contribution in [2.24, 2.45) is 11.8 Å². The molecule has 0 saturated carbocycles. The van der Waals surface area contributed by atoms with E-state index in [0.717, 1.165) is 50.4 Å². The fourth-order valence-electron chi connectivity index (χ4n) is 6.41. The van der Waals surface area contributed by atoms with Gasteiger partial charge in [-0.25, -0.2) is 4.79 Å². The number of fused-ring (bicyclic) bond motifs is 1. The van der Waals surface area contributed by atoms with Gasteiger partial charge in [0.1, 0.15) is 17.4 Å². The standard InChI is InChI=1S/C30H40ClN5O5/c1-19-6-7-25(14-27(19)31)36(30(39)40-26-8-12-34(13-9-26)22(4)37)11-5-10-33-15-23-17-35(18-24(23)16-33)29(38)28-20(2)32-41-21(28)3/h6-7,14,23-24,26H,5,8-13,15-18H2,1-4H3. The van der Waals surface area contributed by atoms with Crippen LogP contribution < -0.4 is 4.90 Å². The number of aromatic nitrogens is 1. The maximum atomic E-state index is 13.4. The van der Waals surface area contributed by atoms with Crippen LogP contribution >= 0.6 is 11.6 Å². The minimum atomic E-state index is -0.377. The van der Waals surface area contributed by atoms with E-state index in [1.807, 2.05) is 36.9 Å². The number of nitrogens with zero attached hydrogens (tertiary/aromatic N) is 5. The summed E-state index contributed by atoms with van der Waals surface area (Å²) in [6.07, 6.45) is 1.47. The molecular formula is C30H40ClN5O5. The number of amides is 3. The van der Waals surface area contributed by atoms with Gasteiger partial charge in [0.05, 0.1) is 5.69 Å². The van der Waals surface area contributed by atoms with E-state index in [4.69, 9.17) is 20.9 Å². The number of hydrogen-bond donors (Lipinski definition) is 0. The summed E-state index contributed by atoms with van der Waals surface area (Å²) >= 11 is 6.42. The Labute approximate surface area is 246 Å². The van der Waals surface area contributed by atoms with Crippen molar-refractivity contribution in [3.8, 4) is 0 Å². The molecule has 3 saturated heterocycles. The van der Waals surface area contributed by atoms with E-state index in [2.05, 4.69) is 10.1 Å². The summed E-state index contributed by atoms with van der Waals surface area (Å²) in [6.45, 7) is 13.0. The van der Waals surface area contributed by atoms with Crippen molar-refractivity contribution in [2.75, 3.05) is 57.3 Å². The Bertz CT molecular complexity index is 1260. The van der Waals surface area contributed by atoms with Crippen molar-refractivity contribution in [1.82, 2.24) is 19.9 Å². The molecule has 0 spiro atoms. The van der Waals surface area contributed by atoms with Gasteiger partial charge in [-0.2, -0.15) is 0 Å². The molecule has 3 aliphatic rings. The summed E-state index contributed by atoms with van der Waals surface area (Å²) in [6, 6.07) is 5.65. The molecule has 0 radical (unpaired) electrons. The van der Waals surface area contributed by atoms with Crippen LogP contribution in [0.2, 0.25) is 5.02 Å². The van der Waals surface area contributed by atoms with Crippen molar-refractivity contribution in [2.45, 2.75) is 53.1 Å². The van der Waals surface area contributed by atoms with Crippen LogP contribution in [0.3, 0.4) is 0 Å². The lowest BCUT2D eigenvalue weighted by Gasteiger charge is -2.32. The zero-order valence-corrected chi connectivity index (χ0v) is 25.2. The van der Waals surface area contributed by atoms with Gasteiger partial charge in [0.15, 0.2) is 0 Å². The molecule has 2 unspecified atom stereocenters. The summed E-state index contributed by atoms with van der Waals surface area (Å²) in [7, 11) is 0. The van der Waals surface area contributed by atoms with Crippen molar-refractivity contribution < 1.29 is 23.6 Å².